The second-order valence-electron chi connectivity index (χ2n) is 5.02. The van der Waals surface area contributed by atoms with Crippen molar-refractivity contribution >= 4 is 41.8 Å². The van der Waals surface area contributed by atoms with Crippen molar-refractivity contribution in [2.45, 2.75) is 26.3 Å². The zero-order valence-electron chi connectivity index (χ0n) is 13.3. The molecule has 0 aliphatic rings. The van der Waals surface area contributed by atoms with Gasteiger partial charge in [0.2, 0.25) is 5.91 Å². The Labute approximate surface area is 149 Å². The van der Waals surface area contributed by atoms with Gasteiger partial charge in [-0.15, -0.1) is 4.89 Å². The first kappa shape index (κ1) is 20.5. The molecule has 1 aromatic carbocycles. The largest absolute Gasteiger partial charge is 0.696 e. The van der Waals surface area contributed by atoms with E-state index in [0.717, 1.165) is 4.47 Å². The summed E-state index contributed by atoms with van der Waals surface area (Å²) < 4.78 is 15.7. The van der Waals surface area contributed by atoms with Gasteiger partial charge in [-0.1, -0.05) is 40.7 Å². The van der Waals surface area contributed by atoms with Gasteiger partial charge >= 0.3 is 14.3 Å². The topological polar surface area (TPSA) is 117 Å². The van der Waals surface area contributed by atoms with Crippen molar-refractivity contribution in [1.82, 2.24) is 10.6 Å². The van der Waals surface area contributed by atoms with Crippen LogP contribution in [0.5, 0.6) is 0 Å². The zero-order chi connectivity index (χ0) is 18.1. The molecule has 8 nitrogen and oxygen atoms in total. The molecule has 24 heavy (non-hydrogen) atoms. The number of amides is 3. The molecule has 4 N–H and O–H groups in total. The number of carbonyl (C=O) groups is 2. The van der Waals surface area contributed by atoms with E-state index in [1.807, 2.05) is 13.8 Å². The van der Waals surface area contributed by atoms with E-state index in [4.69, 9.17) is 4.89 Å². The third-order valence-corrected chi connectivity index (χ3v) is 4.18. The fraction of sp³-hybridized carbons (Fsp3) is 0.429. The van der Waals surface area contributed by atoms with Crippen LogP contribution in [0.3, 0.4) is 0 Å². The van der Waals surface area contributed by atoms with E-state index < -0.39 is 33.0 Å². The first-order valence-corrected chi connectivity index (χ1v) is 9.15. The minimum atomic E-state index is -2.79. The van der Waals surface area contributed by atoms with E-state index in [1.165, 1.54) is 0 Å². The van der Waals surface area contributed by atoms with Crippen LogP contribution in [0.2, 0.25) is 0 Å². The molecule has 0 radical (unpaired) electrons. The maximum atomic E-state index is 12.1. The average molecular weight is 421 g/mol. The van der Waals surface area contributed by atoms with Crippen LogP contribution >= 0.6 is 24.2 Å². The lowest BCUT2D eigenvalue weighted by Gasteiger charge is -2.23. The Bertz CT molecular complexity index is 584. The minimum Gasteiger partial charge on any atom is -0.327 e. The molecule has 0 spiro atoms. The van der Waals surface area contributed by atoms with Gasteiger partial charge in [0.05, 0.1) is 0 Å². The number of halogens is 1. The molecule has 0 aliphatic carbocycles. The SMILES string of the molecule is CCC(C)C(NC(=O)Nc1ccc(Br)cc1)C(=O)NCO[P+](=O)O. The van der Waals surface area contributed by atoms with Gasteiger partial charge in [0.15, 0.2) is 6.73 Å². The lowest BCUT2D eigenvalue weighted by Crippen LogP contribution is -2.51. The van der Waals surface area contributed by atoms with Crippen molar-refractivity contribution in [2.24, 2.45) is 5.92 Å². The maximum Gasteiger partial charge on any atom is 0.696 e. The fourth-order valence-corrected chi connectivity index (χ4v) is 2.25. The number of anilines is 1. The Kier molecular flexibility index (Phi) is 8.84. The summed E-state index contributed by atoms with van der Waals surface area (Å²) in [7, 11) is -2.79. The van der Waals surface area contributed by atoms with Gasteiger partial charge in [-0.2, -0.15) is 0 Å². The third kappa shape index (κ3) is 7.35. The molecule has 0 bridgehead atoms. The van der Waals surface area contributed by atoms with Crippen molar-refractivity contribution in [3.63, 3.8) is 0 Å². The van der Waals surface area contributed by atoms with Gasteiger partial charge in [-0.25, -0.2) is 4.79 Å². The van der Waals surface area contributed by atoms with Crippen LogP contribution in [-0.2, 0) is 13.9 Å². The lowest BCUT2D eigenvalue weighted by atomic mass is 9.98. The molecule has 0 aromatic heterocycles. The van der Waals surface area contributed by atoms with E-state index in [0.29, 0.717) is 12.1 Å². The number of rotatable bonds is 8. The molecule has 1 rings (SSSR count). The van der Waals surface area contributed by atoms with Crippen LogP contribution < -0.4 is 16.0 Å². The Morgan fingerprint density at radius 2 is 1.96 bits per heavy atom. The van der Waals surface area contributed by atoms with Crippen LogP contribution in [0.4, 0.5) is 10.5 Å². The summed E-state index contributed by atoms with van der Waals surface area (Å²) in [6.45, 7) is 3.30. The average Bonchev–Trinajstić information content (AvgIpc) is 2.53. The lowest BCUT2D eigenvalue weighted by molar-refractivity contribution is -0.124. The van der Waals surface area contributed by atoms with Crippen molar-refractivity contribution < 1.29 is 23.6 Å². The molecular formula is C14H20BrN3O5P+. The fourth-order valence-electron chi connectivity index (χ4n) is 1.81. The monoisotopic (exact) mass is 420 g/mol. The quantitative estimate of drug-likeness (QED) is 0.381. The summed E-state index contributed by atoms with van der Waals surface area (Å²) >= 11 is 3.30. The molecule has 0 heterocycles. The van der Waals surface area contributed by atoms with Crippen LogP contribution in [0.25, 0.3) is 0 Å². The minimum absolute atomic E-state index is 0.136. The number of hydrogen-bond donors (Lipinski definition) is 4. The Balaban J connectivity index is 2.63. The number of urea groups is 1. The van der Waals surface area contributed by atoms with E-state index >= 15 is 0 Å². The predicted molar refractivity (Wildman–Crippen MR) is 93.5 cm³/mol. The van der Waals surface area contributed by atoms with E-state index in [2.05, 4.69) is 36.4 Å². The molecule has 1 aromatic rings. The summed E-state index contributed by atoms with van der Waals surface area (Å²) in [4.78, 5) is 32.8. The van der Waals surface area contributed by atoms with Crippen LogP contribution in [0.15, 0.2) is 28.7 Å². The molecule has 0 aliphatic heterocycles. The van der Waals surface area contributed by atoms with Gasteiger partial charge in [0.1, 0.15) is 6.04 Å². The van der Waals surface area contributed by atoms with Crippen LogP contribution in [0.1, 0.15) is 20.3 Å². The molecule has 132 valence electrons. The molecular weight excluding hydrogens is 401 g/mol. The van der Waals surface area contributed by atoms with Crippen molar-refractivity contribution in [2.75, 3.05) is 12.0 Å². The van der Waals surface area contributed by atoms with Crippen LogP contribution in [-0.4, -0.2) is 29.6 Å². The first-order chi connectivity index (χ1) is 11.3. The van der Waals surface area contributed by atoms with E-state index in [1.54, 1.807) is 24.3 Å². The smallest absolute Gasteiger partial charge is 0.327 e. The third-order valence-electron chi connectivity index (χ3n) is 3.31. The highest BCUT2D eigenvalue weighted by molar-refractivity contribution is 9.10. The Hall–Kier alpha value is -1.54. The highest BCUT2D eigenvalue weighted by atomic mass is 79.9. The molecule has 0 saturated carbocycles. The highest BCUT2D eigenvalue weighted by Gasteiger charge is 2.26. The summed E-state index contributed by atoms with van der Waals surface area (Å²) in [5, 5.41) is 7.60. The van der Waals surface area contributed by atoms with Gasteiger partial charge in [0, 0.05) is 14.7 Å². The number of carbonyl (C=O) groups excluding carboxylic acids is 2. The van der Waals surface area contributed by atoms with Gasteiger partial charge in [-0.05, 0) is 30.2 Å². The van der Waals surface area contributed by atoms with Gasteiger partial charge in [-0.3, -0.25) is 4.79 Å². The van der Waals surface area contributed by atoms with Crippen LogP contribution in [0, 0.1) is 5.92 Å². The highest BCUT2D eigenvalue weighted by Crippen LogP contribution is 2.15. The van der Waals surface area contributed by atoms with Crippen molar-refractivity contribution in [3.8, 4) is 0 Å². The number of benzene rings is 1. The molecule has 3 unspecified atom stereocenters. The molecule has 3 atom stereocenters. The first-order valence-electron chi connectivity index (χ1n) is 7.23. The second-order valence-corrected chi connectivity index (χ2v) is 6.67. The standard InChI is InChI=1S/C14H19BrN3O5P/c1-3-9(2)12(13(19)16-8-23-24(21)22)18-14(20)17-11-6-4-10(15)5-7-11/h4-7,9,12H,3,8H2,1-2H3,(H3-,16,17,18,19,20,21,22)/p+1. The number of nitrogens with one attached hydrogen (secondary N) is 3. The Morgan fingerprint density at radius 3 is 2.50 bits per heavy atom. The van der Waals surface area contributed by atoms with E-state index in [-0.39, 0.29) is 5.92 Å². The molecule has 3 amide bonds. The van der Waals surface area contributed by atoms with Crippen molar-refractivity contribution in [1.29, 1.82) is 0 Å². The zero-order valence-corrected chi connectivity index (χ0v) is 15.8. The summed E-state index contributed by atoms with van der Waals surface area (Å²) in [5.41, 5.74) is 0.583. The normalized spacial score (nSPS) is 13.6. The summed E-state index contributed by atoms with van der Waals surface area (Å²) in [5.74, 6) is -0.629. The van der Waals surface area contributed by atoms with Gasteiger partial charge < -0.3 is 16.0 Å². The predicted octanol–water partition coefficient (Wildman–Crippen LogP) is 2.73. The van der Waals surface area contributed by atoms with Crippen molar-refractivity contribution in [3.05, 3.63) is 28.7 Å². The Morgan fingerprint density at radius 1 is 1.33 bits per heavy atom. The molecule has 0 fully saturated rings. The summed E-state index contributed by atoms with van der Waals surface area (Å²) in [6, 6.07) is 5.67. The number of hydrogen-bond acceptors (Lipinski definition) is 4. The molecule has 10 heteroatoms. The maximum absolute atomic E-state index is 12.1. The van der Waals surface area contributed by atoms with Gasteiger partial charge in [0.25, 0.3) is 0 Å². The summed E-state index contributed by atoms with van der Waals surface area (Å²) in [6.07, 6.45) is 0.659. The molecule has 0 saturated heterocycles. The van der Waals surface area contributed by atoms with E-state index in [9.17, 15) is 14.2 Å². The second kappa shape index (κ2) is 10.4.